The SMILES string of the molecule is C[C@H]1C[C@](O)(c2ccc(C(F)(F)F)cc2)C[C@@H](c2cn(C)nn2)N1. The van der Waals surface area contributed by atoms with Crippen LogP contribution in [-0.4, -0.2) is 26.1 Å². The minimum Gasteiger partial charge on any atom is -0.385 e. The molecule has 2 aromatic rings. The van der Waals surface area contributed by atoms with Crippen molar-refractivity contribution in [1.29, 1.82) is 0 Å². The van der Waals surface area contributed by atoms with Crippen molar-refractivity contribution in [2.24, 2.45) is 7.05 Å². The molecule has 5 nitrogen and oxygen atoms in total. The summed E-state index contributed by atoms with van der Waals surface area (Å²) in [6.45, 7) is 1.93. The summed E-state index contributed by atoms with van der Waals surface area (Å²) in [7, 11) is 1.75. The average molecular weight is 340 g/mol. The van der Waals surface area contributed by atoms with Gasteiger partial charge in [0.2, 0.25) is 0 Å². The zero-order valence-electron chi connectivity index (χ0n) is 13.4. The molecule has 0 unspecified atom stereocenters. The summed E-state index contributed by atoms with van der Waals surface area (Å²) in [6, 6.07) is 4.51. The lowest BCUT2D eigenvalue weighted by Gasteiger charge is -2.40. The van der Waals surface area contributed by atoms with Gasteiger partial charge in [-0.05, 0) is 31.0 Å². The zero-order chi connectivity index (χ0) is 17.5. The molecule has 0 amide bonds. The van der Waals surface area contributed by atoms with Crippen LogP contribution in [0.3, 0.4) is 0 Å². The van der Waals surface area contributed by atoms with E-state index in [1.807, 2.05) is 6.92 Å². The van der Waals surface area contributed by atoms with Gasteiger partial charge in [-0.1, -0.05) is 17.3 Å². The number of piperidine rings is 1. The van der Waals surface area contributed by atoms with Crippen LogP contribution < -0.4 is 5.32 Å². The van der Waals surface area contributed by atoms with Gasteiger partial charge in [0.25, 0.3) is 0 Å². The third-order valence-corrected chi connectivity index (χ3v) is 4.40. The summed E-state index contributed by atoms with van der Waals surface area (Å²) in [6.07, 6.45) is -1.88. The molecule has 1 saturated heterocycles. The zero-order valence-corrected chi connectivity index (χ0v) is 13.4. The molecule has 1 aromatic heterocycles. The molecule has 1 aliphatic heterocycles. The molecule has 1 aliphatic rings. The van der Waals surface area contributed by atoms with E-state index in [0.29, 0.717) is 24.1 Å². The van der Waals surface area contributed by atoms with Crippen molar-refractivity contribution in [1.82, 2.24) is 20.3 Å². The molecule has 0 spiro atoms. The van der Waals surface area contributed by atoms with Gasteiger partial charge in [0.05, 0.1) is 22.9 Å². The molecule has 3 atom stereocenters. The van der Waals surface area contributed by atoms with E-state index in [4.69, 9.17) is 0 Å². The van der Waals surface area contributed by atoms with Crippen LogP contribution in [0.1, 0.15) is 42.6 Å². The van der Waals surface area contributed by atoms with E-state index in [0.717, 1.165) is 12.1 Å². The van der Waals surface area contributed by atoms with E-state index in [-0.39, 0.29) is 12.1 Å². The van der Waals surface area contributed by atoms with Crippen molar-refractivity contribution in [3.05, 3.63) is 47.3 Å². The highest BCUT2D eigenvalue weighted by Crippen LogP contribution is 2.40. The van der Waals surface area contributed by atoms with Gasteiger partial charge in [-0.2, -0.15) is 13.2 Å². The molecule has 8 heteroatoms. The van der Waals surface area contributed by atoms with Crippen molar-refractivity contribution in [3.63, 3.8) is 0 Å². The van der Waals surface area contributed by atoms with Crippen molar-refractivity contribution >= 4 is 0 Å². The minimum absolute atomic E-state index is 0.0157. The van der Waals surface area contributed by atoms with E-state index >= 15 is 0 Å². The topological polar surface area (TPSA) is 63.0 Å². The van der Waals surface area contributed by atoms with Crippen molar-refractivity contribution in [3.8, 4) is 0 Å². The van der Waals surface area contributed by atoms with Crippen molar-refractivity contribution in [2.45, 2.75) is 43.6 Å². The highest BCUT2D eigenvalue weighted by atomic mass is 19.4. The number of aryl methyl sites for hydroxylation is 1. The van der Waals surface area contributed by atoms with Gasteiger partial charge in [-0.15, -0.1) is 5.10 Å². The van der Waals surface area contributed by atoms with Crippen LogP contribution in [0.5, 0.6) is 0 Å². The Kier molecular flexibility index (Phi) is 4.13. The van der Waals surface area contributed by atoms with Crippen LogP contribution in [0.2, 0.25) is 0 Å². The number of rotatable bonds is 2. The monoisotopic (exact) mass is 340 g/mol. The van der Waals surface area contributed by atoms with Crippen LogP contribution >= 0.6 is 0 Å². The van der Waals surface area contributed by atoms with Crippen molar-refractivity contribution in [2.75, 3.05) is 0 Å². The molecular weight excluding hydrogens is 321 g/mol. The number of nitrogens with zero attached hydrogens (tertiary/aromatic N) is 3. The Morgan fingerprint density at radius 1 is 1.25 bits per heavy atom. The smallest absolute Gasteiger partial charge is 0.385 e. The Labute approximate surface area is 137 Å². The van der Waals surface area contributed by atoms with Crippen LogP contribution in [-0.2, 0) is 18.8 Å². The van der Waals surface area contributed by atoms with E-state index in [1.165, 1.54) is 12.1 Å². The highest BCUT2D eigenvalue weighted by molar-refractivity contribution is 5.30. The lowest BCUT2D eigenvalue weighted by atomic mass is 9.78. The van der Waals surface area contributed by atoms with Gasteiger partial charge in [0.1, 0.15) is 0 Å². The summed E-state index contributed by atoms with van der Waals surface area (Å²) < 4.78 is 39.7. The second-order valence-corrected chi connectivity index (χ2v) is 6.45. The molecule has 0 aliphatic carbocycles. The molecule has 1 fully saturated rings. The quantitative estimate of drug-likeness (QED) is 0.882. The van der Waals surface area contributed by atoms with E-state index in [1.54, 1.807) is 17.9 Å². The van der Waals surface area contributed by atoms with Crippen molar-refractivity contribution < 1.29 is 18.3 Å². The van der Waals surface area contributed by atoms with E-state index in [2.05, 4.69) is 15.6 Å². The first-order chi connectivity index (χ1) is 11.2. The van der Waals surface area contributed by atoms with E-state index in [9.17, 15) is 18.3 Å². The average Bonchev–Trinajstić information content (AvgIpc) is 2.92. The molecule has 0 radical (unpaired) electrons. The molecule has 0 saturated carbocycles. The summed E-state index contributed by atoms with van der Waals surface area (Å²) in [4.78, 5) is 0. The second-order valence-electron chi connectivity index (χ2n) is 6.45. The van der Waals surface area contributed by atoms with Crippen LogP contribution in [0.15, 0.2) is 30.5 Å². The number of aromatic nitrogens is 3. The van der Waals surface area contributed by atoms with E-state index < -0.39 is 17.3 Å². The summed E-state index contributed by atoms with van der Waals surface area (Å²) in [5.41, 5.74) is -0.744. The van der Waals surface area contributed by atoms with Crippen LogP contribution in [0.25, 0.3) is 0 Å². The molecule has 130 valence electrons. The van der Waals surface area contributed by atoms with Gasteiger partial charge >= 0.3 is 6.18 Å². The molecule has 0 bridgehead atoms. The van der Waals surface area contributed by atoms with Crippen LogP contribution in [0.4, 0.5) is 13.2 Å². The molecule has 1 aromatic carbocycles. The fourth-order valence-corrected chi connectivity index (χ4v) is 3.31. The Morgan fingerprint density at radius 2 is 1.92 bits per heavy atom. The third kappa shape index (κ3) is 3.29. The first kappa shape index (κ1) is 16.9. The number of benzene rings is 1. The lowest BCUT2D eigenvalue weighted by Crippen LogP contribution is -2.47. The molecule has 3 rings (SSSR count). The van der Waals surface area contributed by atoms with Gasteiger partial charge in [-0.3, -0.25) is 4.68 Å². The largest absolute Gasteiger partial charge is 0.416 e. The molecule has 2 heterocycles. The first-order valence-electron chi connectivity index (χ1n) is 7.70. The first-order valence-corrected chi connectivity index (χ1v) is 7.70. The second kappa shape index (κ2) is 5.86. The predicted molar refractivity (Wildman–Crippen MR) is 80.9 cm³/mol. The maximum absolute atomic E-state index is 12.7. The summed E-state index contributed by atoms with van der Waals surface area (Å²) >= 11 is 0. The normalized spacial score (nSPS) is 28.1. The molecule has 2 N–H and O–H groups in total. The van der Waals surface area contributed by atoms with Gasteiger partial charge < -0.3 is 10.4 Å². The van der Waals surface area contributed by atoms with Gasteiger partial charge in [0, 0.05) is 25.7 Å². The number of hydrogen-bond donors (Lipinski definition) is 2. The Hall–Kier alpha value is -1.93. The minimum atomic E-state index is -4.38. The Bertz CT molecular complexity index is 713. The maximum Gasteiger partial charge on any atom is 0.416 e. The fraction of sp³-hybridized carbons (Fsp3) is 0.500. The van der Waals surface area contributed by atoms with Gasteiger partial charge in [-0.25, -0.2) is 0 Å². The molecule has 24 heavy (non-hydrogen) atoms. The third-order valence-electron chi connectivity index (χ3n) is 4.40. The molecular formula is C16H19F3N4O. The fourth-order valence-electron chi connectivity index (χ4n) is 3.31. The lowest BCUT2D eigenvalue weighted by molar-refractivity contribution is -0.137. The Morgan fingerprint density at radius 3 is 2.46 bits per heavy atom. The van der Waals surface area contributed by atoms with Gasteiger partial charge in [0.15, 0.2) is 0 Å². The Balaban J connectivity index is 1.87. The van der Waals surface area contributed by atoms with Crippen LogP contribution in [0, 0.1) is 0 Å². The standard InChI is InChI=1S/C16H19F3N4O/c1-10-7-15(24,8-13(20-10)14-9-23(2)22-21-14)11-3-5-12(6-4-11)16(17,18)19/h3-6,9-10,13,20,24H,7-8H2,1-2H3/t10-,13-,15+/m0/s1. The number of alkyl halides is 3. The number of hydrogen-bond acceptors (Lipinski definition) is 4. The summed E-state index contributed by atoms with van der Waals surface area (Å²) in [5, 5.41) is 22.4. The number of halogens is 3. The number of aliphatic hydroxyl groups is 1. The maximum atomic E-state index is 12.7. The summed E-state index contributed by atoms with van der Waals surface area (Å²) in [5.74, 6) is 0. The highest BCUT2D eigenvalue weighted by Gasteiger charge is 2.40. The number of nitrogens with one attached hydrogen (secondary N) is 1. The predicted octanol–water partition coefficient (Wildman–Crippen LogP) is 2.53.